The molecule has 2 aliphatic rings. The molecule has 0 spiro atoms. The van der Waals surface area contributed by atoms with Crippen LogP contribution >= 0.6 is 0 Å². The van der Waals surface area contributed by atoms with Gasteiger partial charge < -0.3 is 19.7 Å². The van der Waals surface area contributed by atoms with E-state index in [1.54, 1.807) is 37.3 Å². The molecule has 1 aliphatic heterocycles. The fraction of sp³-hybridized carbons (Fsp3) is 0.519. The van der Waals surface area contributed by atoms with Gasteiger partial charge in [0.15, 0.2) is 0 Å². The van der Waals surface area contributed by atoms with Crippen LogP contribution in [0.3, 0.4) is 0 Å². The van der Waals surface area contributed by atoms with Crippen LogP contribution in [-0.4, -0.2) is 72.6 Å². The van der Waals surface area contributed by atoms with Gasteiger partial charge in [0.1, 0.15) is 12.4 Å². The molecule has 3 atom stereocenters. The Hall–Kier alpha value is -2.97. The molecular weight excluding hydrogens is 444 g/mol. The van der Waals surface area contributed by atoms with Crippen molar-refractivity contribution in [2.75, 3.05) is 39.2 Å². The van der Waals surface area contributed by atoms with Crippen LogP contribution in [0.15, 0.2) is 42.7 Å². The zero-order chi connectivity index (χ0) is 24.9. The third-order valence-corrected chi connectivity index (χ3v) is 6.92. The molecule has 35 heavy (non-hydrogen) atoms. The maximum atomic E-state index is 13.5. The first-order chi connectivity index (χ1) is 16.9. The molecule has 1 aromatic heterocycles. The number of likely N-dealkylation sites (N-methyl/N-ethyl adjacent to an activating group) is 1. The van der Waals surface area contributed by atoms with E-state index >= 15 is 0 Å². The number of aromatic nitrogens is 1. The number of nitrogens with zero attached hydrogens (tertiary/aromatic N) is 3. The van der Waals surface area contributed by atoms with Crippen molar-refractivity contribution in [1.29, 1.82) is 0 Å². The second kappa shape index (κ2) is 11.2. The number of amides is 2. The third kappa shape index (κ3) is 6.38. The van der Waals surface area contributed by atoms with E-state index in [2.05, 4.69) is 29.0 Å². The lowest BCUT2D eigenvalue weighted by atomic mass is 10.0. The minimum atomic E-state index is -0.154. The number of carbonyl (C=O) groups excluding carboxylic acids is 2. The summed E-state index contributed by atoms with van der Waals surface area (Å²) < 4.78 is 12.1. The number of anilines is 1. The number of carbonyl (C=O) groups is 2. The number of pyridine rings is 1. The van der Waals surface area contributed by atoms with Gasteiger partial charge >= 0.3 is 0 Å². The number of nitrogens with one attached hydrogen (secondary N) is 1. The fourth-order valence-corrected chi connectivity index (χ4v) is 4.46. The first-order valence-corrected chi connectivity index (χ1v) is 12.3. The number of ether oxygens (including phenoxy) is 2. The Labute approximate surface area is 207 Å². The molecule has 2 aromatic rings. The van der Waals surface area contributed by atoms with Gasteiger partial charge in [-0.15, -0.1) is 0 Å². The number of hydrogen-bond acceptors (Lipinski definition) is 6. The van der Waals surface area contributed by atoms with E-state index in [-0.39, 0.29) is 35.8 Å². The first-order valence-electron chi connectivity index (χ1n) is 12.3. The third-order valence-electron chi connectivity index (χ3n) is 6.92. The lowest BCUT2D eigenvalue weighted by molar-refractivity contribution is -0.117. The van der Waals surface area contributed by atoms with E-state index < -0.39 is 0 Å². The SMILES string of the molecule is CO[C@H]1CN(C)C(=O)c2cc(NC(=O)C3CC3)ccc2OC[C@@H](C)N(Cc2ccncc2)C[C@H]1C. The van der Waals surface area contributed by atoms with Crippen molar-refractivity contribution >= 4 is 17.5 Å². The first kappa shape index (κ1) is 25.1. The van der Waals surface area contributed by atoms with Crippen molar-refractivity contribution in [3.05, 3.63) is 53.9 Å². The zero-order valence-corrected chi connectivity index (χ0v) is 21.1. The lowest BCUT2D eigenvalue weighted by Gasteiger charge is -2.36. The fourth-order valence-electron chi connectivity index (χ4n) is 4.46. The Morgan fingerprint density at radius 3 is 2.60 bits per heavy atom. The van der Waals surface area contributed by atoms with Crippen LogP contribution in [-0.2, 0) is 16.1 Å². The summed E-state index contributed by atoms with van der Waals surface area (Å²) in [4.78, 5) is 33.9. The van der Waals surface area contributed by atoms with Crippen LogP contribution in [0.5, 0.6) is 5.75 Å². The van der Waals surface area contributed by atoms with Crippen LogP contribution in [0.25, 0.3) is 0 Å². The largest absolute Gasteiger partial charge is 0.491 e. The van der Waals surface area contributed by atoms with E-state index in [4.69, 9.17) is 9.47 Å². The van der Waals surface area contributed by atoms with Gasteiger partial charge in [-0.1, -0.05) is 6.92 Å². The van der Waals surface area contributed by atoms with Gasteiger partial charge in [-0.05, 0) is 61.6 Å². The predicted octanol–water partition coefficient (Wildman–Crippen LogP) is 3.44. The topological polar surface area (TPSA) is 84.0 Å². The Morgan fingerprint density at radius 1 is 1.17 bits per heavy atom. The van der Waals surface area contributed by atoms with Crippen molar-refractivity contribution in [2.45, 2.75) is 45.4 Å². The normalized spacial score (nSPS) is 24.1. The summed E-state index contributed by atoms with van der Waals surface area (Å²) in [6.07, 6.45) is 5.34. The number of rotatable bonds is 5. The second-order valence-corrected chi connectivity index (χ2v) is 9.86. The van der Waals surface area contributed by atoms with Gasteiger partial charge in [0, 0.05) is 63.8 Å². The average molecular weight is 481 g/mol. The number of methoxy groups -OCH3 is 1. The number of hydrogen-bond donors (Lipinski definition) is 1. The van der Waals surface area contributed by atoms with Crippen molar-refractivity contribution in [2.24, 2.45) is 11.8 Å². The second-order valence-electron chi connectivity index (χ2n) is 9.86. The number of benzene rings is 1. The van der Waals surface area contributed by atoms with Crippen molar-refractivity contribution in [3.8, 4) is 5.75 Å². The molecule has 4 rings (SSSR count). The highest BCUT2D eigenvalue weighted by atomic mass is 16.5. The van der Waals surface area contributed by atoms with Crippen LogP contribution < -0.4 is 10.1 Å². The predicted molar refractivity (Wildman–Crippen MR) is 134 cm³/mol. The van der Waals surface area contributed by atoms with E-state index in [9.17, 15) is 9.59 Å². The molecule has 1 aliphatic carbocycles. The van der Waals surface area contributed by atoms with Gasteiger partial charge in [-0.2, -0.15) is 0 Å². The molecule has 1 saturated carbocycles. The van der Waals surface area contributed by atoms with E-state index in [1.165, 1.54) is 5.56 Å². The van der Waals surface area contributed by atoms with Crippen molar-refractivity contribution in [1.82, 2.24) is 14.8 Å². The Morgan fingerprint density at radius 2 is 1.91 bits per heavy atom. The van der Waals surface area contributed by atoms with Gasteiger partial charge in [-0.25, -0.2) is 0 Å². The standard InChI is InChI=1S/C27H36N4O4/c1-18-14-31(15-20-9-11-28-12-10-20)19(2)17-35-24-8-7-22(29-26(32)21-5-6-21)13-23(24)27(33)30(3)16-25(18)34-4/h7-13,18-19,21,25H,5-6,14-17H2,1-4H3,(H,29,32)/t18-,19-,25+/m1/s1. The maximum Gasteiger partial charge on any atom is 0.257 e. The smallest absolute Gasteiger partial charge is 0.257 e. The summed E-state index contributed by atoms with van der Waals surface area (Å²) in [5.74, 6) is 0.640. The molecule has 2 amide bonds. The summed E-state index contributed by atoms with van der Waals surface area (Å²) in [5, 5.41) is 2.94. The van der Waals surface area contributed by atoms with E-state index in [1.807, 2.05) is 24.5 Å². The van der Waals surface area contributed by atoms with Crippen LogP contribution in [0.2, 0.25) is 0 Å². The quantitative estimate of drug-likeness (QED) is 0.706. The monoisotopic (exact) mass is 480 g/mol. The minimum absolute atomic E-state index is 0.00785. The summed E-state index contributed by atoms with van der Waals surface area (Å²) in [5.41, 5.74) is 2.24. The molecule has 0 unspecified atom stereocenters. The summed E-state index contributed by atoms with van der Waals surface area (Å²) >= 11 is 0. The summed E-state index contributed by atoms with van der Waals surface area (Å²) in [6, 6.07) is 9.47. The van der Waals surface area contributed by atoms with Crippen molar-refractivity contribution in [3.63, 3.8) is 0 Å². The summed E-state index contributed by atoms with van der Waals surface area (Å²) in [6.45, 7) is 6.73. The highest BCUT2D eigenvalue weighted by Crippen LogP contribution is 2.31. The highest BCUT2D eigenvalue weighted by Gasteiger charge is 2.31. The molecule has 1 N–H and O–H groups in total. The lowest BCUT2D eigenvalue weighted by Crippen LogP contribution is -2.46. The molecule has 0 bridgehead atoms. The Kier molecular flexibility index (Phi) is 8.03. The molecule has 8 heteroatoms. The maximum absolute atomic E-state index is 13.5. The number of fused-ring (bicyclic) bond motifs is 1. The van der Waals surface area contributed by atoms with Crippen LogP contribution in [0, 0.1) is 11.8 Å². The van der Waals surface area contributed by atoms with Gasteiger partial charge in [0.2, 0.25) is 5.91 Å². The molecule has 188 valence electrons. The molecule has 2 heterocycles. The van der Waals surface area contributed by atoms with Crippen molar-refractivity contribution < 1.29 is 19.1 Å². The average Bonchev–Trinajstić information content (AvgIpc) is 3.71. The van der Waals surface area contributed by atoms with Gasteiger partial charge in [0.25, 0.3) is 5.91 Å². The molecule has 8 nitrogen and oxygen atoms in total. The van der Waals surface area contributed by atoms with Gasteiger partial charge in [0.05, 0.1) is 11.7 Å². The van der Waals surface area contributed by atoms with E-state index in [0.717, 1.165) is 25.9 Å². The van der Waals surface area contributed by atoms with Crippen LogP contribution in [0.4, 0.5) is 5.69 Å². The molecule has 0 saturated heterocycles. The molecular formula is C27H36N4O4. The van der Waals surface area contributed by atoms with E-state index in [0.29, 0.717) is 30.2 Å². The Bertz CT molecular complexity index is 1030. The highest BCUT2D eigenvalue weighted by molar-refractivity contribution is 6.00. The molecule has 1 fully saturated rings. The van der Waals surface area contributed by atoms with Crippen LogP contribution in [0.1, 0.15) is 42.6 Å². The molecule has 1 aromatic carbocycles. The minimum Gasteiger partial charge on any atom is -0.491 e. The van der Waals surface area contributed by atoms with Gasteiger partial charge in [-0.3, -0.25) is 19.5 Å². The zero-order valence-electron chi connectivity index (χ0n) is 21.1. The molecule has 0 radical (unpaired) electrons. The Balaban J connectivity index is 1.61. The summed E-state index contributed by atoms with van der Waals surface area (Å²) in [7, 11) is 3.48.